The number of nitrogens with two attached hydrogens (primary N) is 1. The quantitative estimate of drug-likeness (QED) is 0.711. The van der Waals surface area contributed by atoms with Gasteiger partial charge < -0.3 is 5.73 Å². The highest BCUT2D eigenvalue weighted by Gasteiger charge is 2.12. The summed E-state index contributed by atoms with van der Waals surface area (Å²) in [7, 11) is 0. The topological polar surface area (TPSA) is 51.8 Å². The maximum absolute atomic E-state index is 5.91. The lowest BCUT2D eigenvalue weighted by Gasteiger charge is -2.12. The second-order valence-corrected chi connectivity index (χ2v) is 6.40. The summed E-state index contributed by atoms with van der Waals surface area (Å²) in [5.74, 6) is 0.653. The average molecular weight is 309 g/mol. The summed E-state index contributed by atoms with van der Waals surface area (Å²) in [6.07, 6.45) is 2.10. The summed E-state index contributed by atoms with van der Waals surface area (Å²) in [5, 5.41) is 2.44. The molecule has 0 aliphatic heterocycles. The molecular formula is C18H19N3S. The van der Waals surface area contributed by atoms with E-state index in [2.05, 4.69) is 66.5 Å². The summed E-state index contributed by atoms with van der Waals surface area (Å²) in [4.78, 5) is 10.1. The Morgan fingerprint density at radius 3 is 2.41 bits per heavy atom. The molecule has 2 aromatic carbocycles. The van der Waals surface area contributed by atoms with E-state index in [1.54, 1.807) is 11.8 Å². The average Bonchev–Trinajstić information content (AvgIpc) is 2.53. The van der Waals surface area contributed by atoms with Gasteiger partial charge in [0, 0.05) is 16.2 Å². The van der Waals surface area contributed by atoms with Gasteiger partial charge in [0.15, 0.2) is 0 Å². The Kier molecular flexibility index (Phi) is 4.03. The Labute approximate surface area is 135 Å². The van der Waals surface area contributed by atoms with Crippen LogP contribution < -0.4 is 5.73 Å². The number of anilines is 1. The molecule has 22 heavy (non-hydrogen) atoms. The van der Waals surface area contributed by atoms with E-state index >= 15 is 0 Å². The zero-order valence-electron chi connectivity index (χ0n) is 13.0. The van der Waals surface area contributed by atoms with E-state index in [4.69, 9.17) is 5.73 Å². The van der Waals surface area contributed by atoms with Gasteiger partial charge in [0.2, 0.25) is 5.95 Å². The van der Waals surface area contributed by atoms with Gasteiger partial charge in [0.25, 0.3) is 0 Å². The Morgan fingerprint density at radius 1 is 1.00 bits per heavy atom. The van der Waals surface area contributed by atoms with Crippen LogP contribution in [0.25, 0.3) is 22.0 Å². The molecule has 1 aromatic heterocycles. The van der Waals surface area contributed by atoms with Crippen LogP contribution in [0.1, 0.15) is 25.5 Å². The SMILES string of the molecule is CSc1ccc(-c2cc(C(C)C)nc(N)n2)c2ccccc12. The van der Waals surface area contributed by atoms with Crippen LogP contribution in [0.5, 0.6) is 0 Å². The number of nitrogen functional groups attached to an aromatic ring is 1. The van der Waals surface area contributed by atoms with E-state index in [0.717, 1.165) is 17.0 Å². The number of thioether (sulfide) groups is 1. The van der Waals surface area contributed by atoms with Gasteiger partial charge in [-0.25, -0.2) is 9.97 Å². The van der Waals surface area contributed by atoms with Gasteiger partial charge in [-0.1, -0.05) is 44.2 Å². The highest BCUT2D eigenvalue weighted by Crippen LogP contribution is 2.34. The first kappa shape index (κ1) is 14.9. The molecule has 0 atom stereocenters. The van der Waals surface area contributed by atoms with E-state index in [9.17, 15) is 0 Å². The van der Waals surface area contributed by atoms with Crippen LogP contribution in [-0.2, 0) is 0 Å². The van der Waals surface area contributed by atoms with Crippen molar-refractivity contribution < 1.29 is 0 Å². The van der Waals surface area contributed by atoms with E-state index in [-0.39, 0.29) is 0 Å². The molecular weight excluding hydrogens is 290 g/mol. The molecule has 0 bridgehead atoms. The molecule has 0 aliphatic rings. The number of hydrogen-bond acceptors (Lipinski definition) is 4. The number of nitrogens with zero attached hydrogens (tertiary/aromatic N) is 2. The zero-order valence-corrected chi connectivity index (χ0v) is 13.8. The summed E-state index contributed by atoms with van der Waals surface area (Å²) in [6, 6.07) is 14.7. The maximum atomic E-state index is 5.91. The van der Waals surface area contributed by atoms with Crippen LogP contribution >= 0.6 is 11.8 Å². The molecule has 3 nitrogen and oxygen atoms in total. The van der Waals surface area contributed by atoms with Gasteiger partial charge in [0.1, 0.15) is 0 Å². The molecule has 4 heteroatoms. The summed E-state index contributed by atoms with van der Waals surface area (Å²) in [5.41, 5.74) is 8.87. The Balaban J connectivity index is 2.27. The van der Waals surface area contributed by atoms with Crippen LogP contribution in [0.4, 0.5) is 5.95 Å². The molecule has 0 radical (unpaired) electrons. The Hall–Kier alpha value is -2.07. The molecule has 0 saturated carbocycles. The van der Waals surface area contributed by atoms with Crippen molar-refractivity contribution in [3.05, 3.63) is 48.2 Å². The molecule has 3 aromatic rings. The monoisotopic (exact) mass is 309 g/mol. The molecule has 0 unspecified atom stereocenters. The third-order valence-electron chi connectivity index (χ3n) is 3.73. The lowest BCUT2D eigenvalue weighted by molar-refractivity contribution is 0.819. The van der Waals surface area contributed by atoms with Crippen molar-refractivity contribution in [3.8, 4) is 11.3 Å². The summed E-state index contributed by atoms with van der Waals surface area (Å²) >= 11 is 1.76. The van der Waals surface area contributed by atoms with E-state index < -0.39 is 0 Å². The molecule has 2 N–H and O–H groups in total. The lowest BCUT2D eigenvalue weighted by Crippen LogP contribution is -2.02. The normalized spacial score (nSPS) is 11.3. The first-order valence-corrected chi connectivity index (χ1v) is 8.53. The molecule has 3 rings (SSSR count). The van der Waals surface area contributed by atoms with E-state index in [1.807, 2.05) is 6.07 Å². The van der Waals surface area contributed by atoms with Crippen molar-refractivity contribution in [3.63, 3.8) is 0 Å². The zero-order chi connectivity index (χ0) is 15.7. The fourth-order valence-corrected chi connectivity index (χ4v) is 3.19. The number of fused-ring (bicyclic) bond motifs is 1. The van der Waals surface area contributed by atoms with Crippen LogP contribution in [0.3, 0.4) is 0 Å². The molecule has 0 aliphatic carbocycles. The van der Waals surface area contributed by atoms with Gasteiger partial charge >= 0.3 is 0 Å². The smallest absolute Gasteiger partial charge is 0.220 e. The minimum absolute atomic E-state index is 0.320. The number of benzene rings is 2. The summed E-state index contributed by atoms with van der Waals surface area (Å²) < 4.78 is 0. The second-order valence-electron chi connectivity index (χ2n) is 5.55. The molecule has 0 fully saturated rings. The van der Waals surface area contributed by atoms with E-state index in [0.29, 0.717) is 11.9 Å². The van der Waals surface area contributed by atoms with Gasteiger partial charge in [0.05, 0.1) is 5.69 Å². The van der Waals surface area contributed by atoms with Gasteiger partial charge in [-0.05, 0) is 35.1 Å². The minimum Gasteiger partial charge on any atom is -0.368 e. The van der Waals surface area contributed by atoms with Crippen LogP contribution in [-0.4, -0.2) is 16.2 Å². The first-order valence-electron chi connectivity index (χ1n) is 7.30. The molecule has 0 saturated heterocycles. The predicted molar refractivity (Wildman–Crippen MR) is 95.3 cm³/mol. The molecule has 1 heterocycles. The molecule has 0 amide bonds. The third-order valence-corrected chi connectivity index (χ3v) is 4.53. The van der Waals surface area contributed by atoms with Crippen LogP contribution in [0, 0.1) is 0 Å². The predicted octanol–water partition coefficient (Wildman–Crippen LogP) is 4.72. The highest BCUT2D eigenvalue weighted by molar-refractivity contribution is 7.98. The van der Waals surface area contributed by atoms with Crippen molar-refractivity contribution in [1.82, 2.24) is 9.97 Å². The van der Waals surface area contributed by atoms with Crippen LogP contribution in [0.15, 0.2) is 47.4 Å². The number of aromatic nitrogens is 2. The standard InChI is InChI=1S/C18H19N3S/c1-11(2)15-10-16(21-18(19)20-15)13-8-9-17(22-3)14-7-5-4-6-12(13)14/h4-11H,1-3H3,(H2,19,20,21). The van der Waals surface area contributed by atoms with Crippen molar-refractivity contribution >= 4 is 28.5 Å². The van der Waals surface area contributed by atoms with Crippen molar-refractivity contribution in [2.24, 2.45) is 0 Å². The van der Waals surface area contributed by atoms with Crippen molar-refractivity contribution in [1.29, 1.82) is 0 Å². The lowest BCUT2D eigenvalue weighted by atomic mass is 10.0. The van der Waals surface area contributed by atoms with Crippen molar-refractivity contribution in [2.45, 2.75) is 24.7 Å². The van der Waals surface area contributed by atoms with Gasteiger partial charge in [-0.3, -0.25) is 0 Å². The van der Waals surface area contributed by atoms with E-state index in [1.165, 1.54) is 15.7 Å². The van der Waals surface area contributed by atoms with Gasteiger partial charge in [-0.15, -0.1) is 11.8 Å². The Morgan fingerprint density at radius 2 is 1.73 bits per heavy atom. The second kappa shape index (κ2) is 5.97. The van der Waals surface area contributed by atoms with Crippen LogP contribution in [0.2, 0.25) is 0 Å². The number of hydrogen-bond donors (Lipinski definition) is 1. The fraction of sp³-hybridized carbons (Fsp3) is 0.222. The largest absolute Gasteiger partial charge is 0.368 e. The van der Waals surface area contributed by atoms with Gasteiger partial charge in [-0.2, -0.15) is 0 Å². The maximum Gasteiger partial charge on any atom is 0.220 e. The highest BCUT2D eigenvalue weighted by atomic mass is 32.2. The molecule has 112 valence electrons. The first-order chi connectivity index (χ1) is 10.6. The number of rotatable bonds is 3. The summed E-state index contributed by atoms with van der Waals surface area (Å²) in [6.45, 7) is 4.22. The minimum atomic E-state index is 0.320. The van der Waals surface area contributed by atoms with Crippen molar-refractivity contribution in [2.75, 3.05) is 12.0 Å². The Bertz CT molecular complexity index is 828. The third kappa shape index (κ3) is 2.66. The fourth-order valence-electron chi connectivity index (χ4n) is 2.59. The molecule has 0 spiro atoms.